The Bertz CT molecular complexity index is 1240. The van der Waals surface area contributed by atoms with E-state index >= 15 is 0 Å². The first-order valence-corrected chi connectivity index (χ1v) is 13.8. The predicted molar refractivity (Wildman–Crippen MR) is 138 cm³/mol. The summed E-state index contributed by atoms with van der Waals surface area (Å²) in [5.74, 6) is 1.20. The molecule has 11 heteroatoms. The summed E-state index contributed by atoms with van der Waals surface area (Å²) in [4.78, 5) is 13.0. The number of ether oxygens (including phenoxy) is 1. The van der Waals surface area contributed by atoms with Crippen LogP contribution < -0.4 is 14.4 Å². The van der Waals surface area contributed by atoms with Gasteiger partial charge in [-0.15, -0.1) is 10.2 Å². The van der Waals surface area contributed by atoms with Gasteiger partial charge in [0.1, 0.15) is 12.3 Å². The Morgan fingerprint density at radius 1 is 1.12 bits per heavy atom. The van der Waals surface area contributed by atoms with E-state index in [0.717, 1.165) is 25.5 Å². The third-order valence-electron chi connectivity index (χ3n) is 4.69. The van der Waals surface area contributed by atoms with Crippen LogP contribution in [0, 0.1) is 19.8 Å². The molecule has 0 saturated heterocycles. The van der Waals surface area contributed by atoms with Crippen LogP contribution in [0.5, 0.6) is 5.75 Å². The summed E-state index contributed by atoms with van der Waals surface area (Å²) < 4.78 is 34.5. The number of amides is 1. The molecule has 0 atom stereocenters. The molecule has 1 heterocycles. The van der Waals surface area contributed by atoms with E-state index in [1.165, 1.54) is 30.6 Å². The van der Waals surface area contributed by atoms with Gasteiger partial charge in [-0.1, -0.05) is 60.7 Å². The number of nitrogens with one attached hydrogen (secondary N) is 1. The lowest BCUT2D eigenvalue weighted by Crippen LogP contribution is -2.38. The van der Waals surface area contributed by atoms with Crippen LogP contribution in [-0.4, -0.2) is 43.9 Å². The molecule has 0 saturated carbocycles. The maximum Gasteiger partial charge on any atom is 0.264 e. The number of rotatable bonds is 10. The number of aromatic nitrogens is 2. The third-order valence-corrected chi connectivity index (χ3v) is 8.86. The first-order valence-electron chi connectivity index (χ1n) is 10.6. The molecule has 1 amide bonds. The summed E-state index contributed by atoms with van der Waals surface area (Å²) in [6.45, 7) is 7.49. The molecule has 34 heavy (non-hydrogen) atoms. The number of benzene rings is 2. The molecule has 0 spiro atoms. The maximum atomic E-state index is 13.6. The molecule has 0 fully saturated rings. The van der Waals surface area contributed by atoms with Crippen LogP contribution in [0.1, 0.15) is 25.0 Å². The van der Waals surface area contributed by atoms with Crippen molar-refractivity contribution in [3.05, 3.63) is 53.6 Å². The highest BCUT2D eigenvalue weighted by Crippen LogP contribution is 2.34. The zero-order chi connectivity index (χ0) is 24.9. The van der Waals surface area contributed by atoms with Crippen LogP contribution in [0.3, 0.4) is 0 Å². The van der Waals surface area contributed by atoms with Gasteiger partial charge in [-0.05, 0) is 49.6 Å². The number of sulfonamides is 1. The van der Waals surface area contributed by atoms with E-state index in [-0.39, 0.29) is 10.6 Å². The highest BCUT2D eigenvalue weighted by Gasteiger charge is 2.30. The summed E-state index contributed by atoms with van der Waals surface area (Å²) in [6, 6.07) is 11.7. The zero-order valence-corrected chi connectivity index (χ0v) is 22.2. The normalized spacial score (nSPS) is 11.5. The molecular weight excluding hydrogens is 492 g/mol. The van der Waals surface area contributed by atoms with Gasteiger partial charge >= 0.3 is 0 Å². The van der Waals surface area contributed by atoms with E-state index in [2.05, 4.69) is 29.4 Å². The van der Waals surface area contributed by atoms with Gasteiger partial charge < -0.3 is 4.74 Å². The molecule has 0 bridgehead atoms. The molecule has 1 aromatic heterocycles. The Kier molecular flexibility index (Phi) is 8.56. The first-order chi connectivity index (χ1) is 16.1. The molecular formula is C23H28N4O4S3. The largest absolute Gasteiger partial charge is 0.495 e. The minimum absolute atomic E-state index is 0.0812. The average molecular weight is 521 g/mol. The van der Waals surface area contributed by atoms with Crippen molar-refractivity contribution in [3.8, 4) is 5.75 Å². The highest BCUT2D eigenvalue weighted by molar-refractivity contribution is 8.01. The van der Waals surface area contributed by atoms with Gasteiger partial charge in [0.25, 0.3) is 10.0 Å². The number of hydrogen-bond acceptors (Lipinski definition) is 8. The summed E-state index contributed by atoms with van der Waals surface area (Å²) in [6.07, 6.45) is 0. The average Bonchev–Trinajstić information content (AvgIpc) is 3.23. The fourth-order valence-corrected chi connectivity index (χ4v) is 6.15. The van der Waals surface area contributed by atoms with E-state index in [4.69, 9.17) is 4.74 Å². The second-order valence-corrected chi connectivity index (χ2v) is 12.2. The molecule has 2 aromatic carbocycles. The van der Waals surface area contributed by atoms with E-state index in [1.54, 1.807) is 36.0 Å². The summed E-state index contributed by atoms with van der Waals surface area (Å²) in [7, 11) is -2.60. The third kappa shape index (κ3) is 6.49. The molecule has 8 nitrogen and oxygen atoms in total. The van der Waals surface area contributed by atoms with Crippen molar-refractivity contribution in [3.63, 3.8) is 0 Å². The number of hydrogen-bond donors (Lipinski definition) is 1. The van der Waals surface area contributed by atoms with Gasteiger partial charge in [0.2, 0.25) is 11.0 Å². The number of anilines is 2. The molecule has 1 N–H and O–H groups in total. The minimum Gasteiger partial charge on any atom is -0.495 e. The van der Waals surface area contributed by atoms with Crippen molar-refractivity contribution in [2.24, 2.45) is 5.92 Å². The minimum atomic E-state index is -4.06. The lowest BCUT2D eigenvalue weighted by molar-refractivity contribution is -0.114. The Balaban J connectivity index is 1.91. The van der Waals surface area contributed by atoms with E-state index in [0.29, 0.717) is 16.8 Å². The SMILES string of the molecule is COc1ccc(C)cc1N(CC(=O)Nc1nnc(SCC(C)C)s1)S(=O)(=O)c1ccc(C)cc1. The van der Waals surface area contributed by atoms with Crippen LogP contribution in [0.2, 0.25) is 0 Å². The highest BCUT2D eigenvalue weighted by atomic mass is 32.2. The Hall–Kier alpha value is -2.63. The molecule has 3 aromatic rings. The number of thioether (sulfide) groups is 1. The van der Waals surface area contributed by atoms with Crippen LogP contribution in [0.15, 0.2) is 51.7 Å². The Morgan fingerprint density at radius 3 is 2.44 bits per heavy atom. The molecule has 0 unspecified atom stereocenters. The quantitative estimate of drug-likeness (QED) is 0.304. The van der Waals surface area contributed by atoms with Gasteiger partial charge in [0, 0.05) is 5.75 Å². The first kappa shape index (κ1) is 26.0. The van der Waals surface area contributed by atoms with E-state index < -0.39 is 22.5 Å². The molecule has 182 valence electrons. The number of aryl methyl sites for hydroxylation is 2. The Labute approximate surface area is 208 Å². The monoisotopic (exact) mass is 520 g/mol. The molecule has 3 rings (SSSR count). The number of carbonyl (C=O) groups excluding carboxylic acids is 1. The van der Waals surface area contributed by atoms with Crippen LogP contribution in [0.25, 0.3) is 0 Å². The van der Waals surface area contributed by atoms with Crippen molar-refractivity contribution >= 4 is 49.8 Å². The molecule has 0 radical (unpaired) electrons. The van der Waals surface area contributed by atoms with Gasteiger partial charge in [-0.2, -0.15) is 0 Å². The molecule has 0 aliphatic heterocycles. The van der Waals surface area contributed by atoms with Crippen LogP contribution in [0.4, 0.5) is 10.8 Å². The fourth-order valence-electron chi connectivity index (χ4n) is 2.98. The van der Waals surface area contributed by atoms with Crippen molar-refractivity contribution in [1.29, 1.82) is 0 Å². The van der Waals surface area contributed by atoms with Gasteiger partial charge in [0.05, 0.1) is 17.7 Å². The number of nitrogens with zero attached hydrogens (tertiary/aromatic N) is 3. The standard InChI is InChI=1S/C23H28N4O4S3/c1-15(2)14-32-23-26-25-22(33-23)24-21(28)13-27(19-12-17(4)8-11-20(19)31-5)34(29,30)18-9-6-16(3)7-10-18/h6-12,15H,13-14H2,1-5H3,(H,24,25,28). The maximum absolute atomic E-state index is 13.6. The number of methoxy groups -OCH3 is 1. The predicted octanol–water partition coefficient (Wildman–Crippen LogP) is 4.75. The smallest absolute Gasteiger partial charge is 0.264 e. The summed E-state index contributed by atoms with van der Waals surface area (Å²) in [5.41, 5.74) is 2.04. The second kappa shape index (κ2) is 11.2. The fraction of sp³-hybridized carbons (Fsp3) is 0.348. The summed E-state index contributed by atoms with van der Waals surface area (Å²) in [5, 5.41) is 11.1. The van der Waals surface area contributed by atoms with Crippen LogP contribution >= 0.6 is 23.1 Å². The lowest BCUT2D eigenvalue weighted by atomic mass is 10.2. The van der Waals surface area contributed by atoms with Gasteiger partial charge in [-0.3, -0.25) is 14.4 Å². The van der Waals surface area contributed by atoms with Crippen molar-refractivity contribution < 1.29 is 17.9 Å². The van der Waals surface area contributed by atoms with Crippen LogP contribution in [-0.2, 0) is 14.8 Å². The van der Waals surface area contributed by atoms with E-state index in [9.17, 15) is 13.2 Å². The van der Waals surface area contributed by atoms with Gasteiger partial charge in [-0.25, -0.2) is 8.42 Å². The molecule has 0 aliphatic rings. The summed E-state index contributed by atoms with van der Waals surface area (Å²) >= 11 is 2.82. The second-order valence-electron chi connectivity index (χ2n) is 8.13. The van der Waals surface area contributed by atoms with Crippen molar-refractivity contribution in [2.75, 3.05) is 29.0 Å². The topological polar surface area (TPSA) is 101 Å². The zero-order valence-electron chi connectivity index (χ0n) is 19.7. The Morgan fingerprint density at radius 2 is 1.79 bits per heavy atom. The van der Waals surface area contributed by atoms with Crippen molar-refractivity contribution in [2.45, 2.75) is 36.9 Å². The lowest BCUT2D eigenvalue weighted by Gasteiger charge is -2.26. The van der Waals surface area contributed by atoms with Crippen molar-refractivity contribution in [1.82, 2.24) is 10.2 Å². The molecule has 0 aliphatic carbocycles. The van der Waals surface area contributed by atoms with E-state index in [1.807, 2.05) is 19.9 Å². The number of carbonyl (C=O) groups is 1. The van der Waals surface area contributed by atoms with Gasteiger partial charge in [0.15, 0.2) is 4.34 Å².